The molecule has 1 unspecified atom stereocenters. The van der Waals surface area contributed by atoms with E-state index in [0.29, 0.717) is 30.3 Å². The highest BCUT2D eigenvalue weighted by Gasteiger charge is 2.39. The number of Topliss-reactive ketones (excluding diaryl/α,β-unsaturated/α-hetero) is 1. The smallest absolute Gasteiger partial charge is 0.392 e. The molecule has 1 aliphatic carbocycles. The van der Waals surface area contributed by atoms with Crippen LogP contribution in [0.5, 0.6) is 0 Å². The van der Waals surface area contributed by atoms with Crippen LogP contribution in [0.4, 0.5) is 0 Å². The number of amides is 1. The van der Waals surface area contributed by atoms with E-state index in [9.17, 15) is 34.4 Å². The monoisotopic (exact) mass is 788 g/mol. The predicted molar refractivity (Wildman–Crippen MR) is 218 cm³/mol. The number of aliphatic hydroxyl groups excluding tert-OH is 3. The number of quaternary nitrogens is 1. The number of phosphoric acid groups is 1. The van der Waals surface area contributed by atoms with Crippen LogP contribution >= 0.6 is 7.82 Å². The van der Waals surface area contributed by atoms with Crippen molar-refractivity contribution < 1.29 is 47.9 Å². The third-order valence-electron chi connectivity index (χ3n) is 10.3. The lowest BCUT2D eigenvalue weighted by atomic mass is 9.88. The molecule has 54 heavy (non-hydrogen) atoms. The molecule has 0 spiro atoms. The summed E-state index contributed by atoms with van der Waals surface area (Å²) >= 11 is 0. The minimum atomic E-state index is -4.40. The van der Waals surface area contributed by atoms with Crippen LogP contribution in [0.2, 0.25) is 0 Å². The standard InChI is InChI=1S/C42H79N2O9P/c1-6-8-10-11-12-13-14-15-16-17-18-23-27-39(46)38(34-53-54(50,51)52-32-31-44(3,4)5)43-42(49)28-24-20-19-22-26-36-37(41(48)33-40(36)47)30-29-35(45)25-21-9-7-2/h23,27,29-30,35-39,41,45-46,48H,6-22,24-26,28,31-34H2,1-5H3,(H-,43,49,50,51)/p+1/b27-23+,30-29+/t35-,36+,37+,38-,39+,41+/m0/s1. The summed E-state index contributed by atoms with van der Waals surface area (Å²) < 4.78 is 23.5. The van der Waals surface area contributed by atoms with Crippen LogP contribution in [0.15, 0.2) is 24.3 Å². The summed E-state index contributed by atoms with van der Waals surface area (Å²) in [7, 11) is 1.42. The Bertz CT molecular complexity index is 1100. The Labute approximate surface area is 328 Å². The van der Waals surface area contributed by atoms with Crippen LogP contribution < -0.4 is 5.32 Å². The summed E-state index contributed by atoms with van der Waals surface area (Å²) in [4.78, 5) is 35.8. The molecule has 0 aromatic carbocycles. The quantitative estimate of drug-likeness (QED) is 0.0189. The topological polar surface area (TPSA) is 163 Å². The minimum Gasteiger partial charge on any atom is -0.392 e. The first-order chi connectivity index (χ1) is 25.7. The lowest BCUT2D eigenvalue weighted by Crippen LogP contribution is -2.45. The Morgan fingerprint density at radius 1 is 0.870 bits per heavy atom. The Kier molecular flexibility index (Phi) is 27.9. The number of hydrogen-bond donors (Lipinski definition) is 5. The number of likely N-dealkylation sites (N-methyl/N-ethyl adjacent to an activating group) is 1. The molecule has 1 fully saturated rings. The number of carbonyl (C=O) groups excluding carboxylic acids is 2. The predicted octanol–water partition coefficient (Wildman–Crippen LogP) is 7.94. The van der Waals surface area contributed by atoms with Crippen molar-refractivity contribution in [3.63, 3.8) is 0 Å². The van der Waals surface area contributed by atoms with E-state index in [0.717, 1.165) is 57.8 Å². The first kappa shape index (κ1) is 50.6. The van der Waals surface area contributed by atoms with Gasteiger partial charge in [-0.1, -0.05) is 134 Å². The maximum atomic E-state index is 12.9. The molecular weight excluding hydrogens is 707 g/mol. The van der Waals surface area contributed by atoms with Gasteiger partial charge in [-0.3, -0.25) is 18.6 Å². The molecule has 0 aromatic rings. The average molecular weight is 788 g/mol. The third kappa shape index (κ3) is 25.7. The van der Waals surface area contributed by atoms with E-state index < -0.39 is 32.2 Å². The zero-order valence-electron chi connectivity index (χ0n) is 34.7. The van der Waals surface area contributed by atoms with Crippen molar-refractivity contribution in [3.05, 3.63) is 24.3 Å². The second-order valence-electron chi connectivity index (χ2n) is 16.5. The number of ketones is 1. The Morgan fingerprint density at radius 3 is 2.11 bits per heavy atom. The number of nitrogens with zero attached hydrogens (tertiary/aromatic N) is 1. The van der Waals surface area contributed by atoms with Crippen LogP contribution in [-0.2, 0) is 23.2 Å². The van der Waals surface area contributed by atoms with Crippen molar-refractivity contribution in [2.24, 2.45) is 11.8 Å². The molecule has 5 N–H and O–H groups in total. The highest BCUT2D eigenvalue weighted by Crippen LogP contribution is 2.43. The third-order valence-corrected chi connectivity index (χ3v) is 11.3. The molecule has 1 rings (SSSR count). The lowest BCUT2D eigenvalue weighted by molar-refractivity contribution is -0.870. The van der Waals surface area contributed by atoms with Gasteiger partial charge in [0.2, 0.25) is 5.91 Å². The van der Waals surface area contributed by atoms with Gasteiger partial charge in [0.25, 0.3) is 0 Å². The molecule has 0 aliphatic heterocycles. The van der Waals surface area contributed by atoms with Gasteiger partial charge in [-0.25, -0.2) is 4.57 Å². The van der Waals surface area contributed by atoms with Crippen molar-refractivity contribution in [2.45, 2.75) is 179 Å². The summed E-state index contributed by atoms with van der Waals surface area (Å²) in [5, 5.41) is 34.5. The number of carbonyl (C=O) groups is 2. The summed E-state index contributed by atoms with van der Waals surface area (Å²) in [6.45, 7) is 4.48. The minimum absolute atomic E-state index is 0.0186. The first-order valence-electron chi connectivity index (χ1n) is 21.3. The van der Waals surface area contributed by atoms with Gasteiger partial charge in [0.1, 0.15) is 18.9 Å². The second-order valence-corrected chi connectivity index (χ2v) is 18.0. The Morgan fingerprint density at radius 2 is 1.46 bits per heavy atom. The fraction of sp³-hybridized carbons (Fsp3) is 0.857. The van der Waals surface area contributed by atoms with Crippen molar-refractivity contribution in [1.29, 1.82) is 0 Å². The van der Waals surface area contributed by atoms with Crippen LogP contribution in [-0.4, -0.2) is 102 Å². The van der Waals surface area contributed by atoms with Gasteiger partial charge in [0.15, 0.2) is 0 Å². The van der Waals surface area contributed by atoms with Crippen LogP contribution in [0.3, 0.4) is 0 Å². The Hall–Kier alpha value is -1.43. The van der Waals surface area contributed by atoms with E-state index in [1.165, 1.54) is 51.4 Å². The van der Waals surface area contributed by atoms with Crippen LogP contribution in [0.1, 0.15) is 155 Å². The number of hydrogen-bond acceptors (Lipinski definition) is 8. The SMILES string of the molecule is CCCCCCCCCCCC/C=C/[C@@H](O)[C@H](COP(=O)(O)OCC[N+](C)(C)C)NC(=O)CCCCCC[C@H]1C(=O)C[C@@H](O)[C@@H]1/C=C/[C@@H](O)CCCCC. The van der Waals surface area contributed by atoms with Gasteiger partial charge in [0, 0.05) is 24.7 Å². The lowest BCUT2D eigenvalue weighted by Gasteiger charge is -2.25. The van der Waals surface area contributed by atoms with Crippen molar-refractivity contribution in [3.8, 4) is 0 Å². The molecule has 316 valence electrons. The molecule has 0 saturated heterocycles. The van der Waals surface area contributed by atoms with Gasteiger partial charge in [0.05, 0.1) is 52.1 Å². The zero-order chi connectivity index (χ0) is 40.2. The number of unbranched alkanes of at least 4 members (excludes halogenated alkanes) is 15. The molecule has 0 heterocycles. The van der Waals surface area contributed by atoms with E-state index >= 15 is 0 Å². The number of allylic oxidation sites excluding steroid dienone is 1. The normalized spacial score (nSPS) is 20.8. The molecule has 0 aromatic heterocycles. The molecule has 7 atom stereocenters. The fourth-order valence-electron chi connectivity index (χ4n) is 6.82. The first-order valence-corrected chi connectivity index (χ1v) is 22.8. The average Bonchev–Trinajstić information content (AvgIpc) is 3.37. The number of rotatable bonds is 34. The van der Waals surface area contributed by atoms with Gasteiger partial charge < -0.3 is 30.0 Å². The second kappa shape index (κ2) is 29.8. The summed E-state index contributed by atoms with van der Waals surface area (Å²) in [6.07, 6.45) is 25.6. The Balaban J connectivity index is 2.57. The molecule has 1 amide bonds. The van der Waals surface area contributed by atoms with Gasteiger partial charge in [-0.2, -0.15) is 0 Å². The summed E-state index contributed by atoms with van der Waals surface area (Å²) in [5.74, 6) is -0.772. The van der Waals surface area contributed by atoms with Crippen LogP contribution in [0.25, 0.3) is 0 Å². The molecule has 0 radical (unpaired) electrons. The largest absolute Gasteiger partial charge is 0.472 e. The molecule has 0 bridgehead atoms. The summed E-state index contributed by atoms with van der Waals surface area (Å²) in [5.41, 5.74) is 0. The highest BCUT2D eigenvalue weighted by molar-refractivity contribution is 7.47. The molecule has 12 heteroatoms. The van der Waals surface area contributed by atoms with E-state index in [1.54, 1.807) is 12.2 Å². The number of aliphatic hydroxyl groups is 3. The van der Waals surface area contributed by atoms with Crippen LogP contribution in [0, 0.1) is 11.8 Å². The van der Waals surface area contributed by atoms with E-state index in [4.69, 9.17) is 9.05 Å². The molecule has 11 nitrogen and oxygen atoms in total. The van der Waals surface area contributed by atoms with Gasteiger partial charge in [-0.15, -0.1) is 0 Å². The van der Waals surface area contributed by atoms with Crippen molar-refractivity contribution in [2.75, 3.05) is 40.9 Å². The van der Waals surface area contributed by atoms with E-state index in [2.05, 4.69) is 19.2 Å². The number of nitrogens with one attached hydrogen (secondary N) is 1. The highest BCUT2D eigenvalue weighted by atomic mass is 31.2. The zero-order valence-corrected chi connectivity index (χ0v) is 35.6. The molecular formula is C42H80N2O9P+. The van der Waals surface area contributed by atoms with E-state index in [1.807, 2.05) is 33.3 Å². The maximum absolute atomic E-state index is 12.9. The van der Waals surface area contributed by atoms with E-state index in [-0.39, 0.29) is 49.6 Å². The van der Waals surface area contributed by atoms with Gasteiger partial charge in [-0.05, 0) is 32.1 Å². The maximum Gasteiger partial charge on any atom is 0.472 e. The van der Waals surface area contributed by atoms with Crippen molar-refractivity contribution in [1.82, 2.24) is 5.32 Å². The summed E-state index contributed by atoms with van der Waals surface area (Å²) in [6, 6.07) is -0.932. The number of phosphoric ester groups is 1. The fourth-order valence-corrected chi connectivity index (χ4v) is 7.55. The molecule has 1 aliphatic rings. The van der Waals surface area contributed by atoms with Gasteiger partial charge >= 0.3 is 7.82 Å². The van der Waals surface area contributed by atoms with Crippen molar-refractivity contribution >= 4 is 19.5 Å². The molecule has 1 saturated carbocycles.